The predicted octanol–water partition coefficient (Wildman–Crippen LogP) is 2.12. The number of hydrogen-bond donors (Lipinski definition) is 3. The van der Waals surface area contributed by atoms with Crippen molar-refractivity contribution in [1.82, 2.24) is 15.5 Å². The van der Waals surface area contributed by atoms with Crippen molar-refractivity contribution in [1.29, 1.82) is 0 Å². The molecule has 0 radical (unpaired) electrons. The number of thioether (sulfide) groups is 1. The van der Waals surface area contributed by atoms with Crippen LogP contribution in [0.5, 0.6) is 0 Å². The molecule has 3 atom stereocenters. The van der Waals surface area contributed by atoms with Crippen LogP contribution >= 0.6 is 23.1 Å². The Balaban J connectivity index is 1.35. The van der Waals surface area contributed by atoms with Crippen molar-refractivity contribution in [3.8, 4) is 11.1 Å². The minimum atomic E-state index is -0.584. The molecule has 3 unspecified atom stereocenters. The number of thiophene rings is 1. The fourth-order valence-electron chi connectivity index (χ4n) is 4.26. The Bertz CT molecular complexity index is 988. The molecule has 3 aliphatic heterocycles. The first-order chi connectivity index (χ1) is 14.6. The summed E-state index contributed by atoms with van der Waals surface area (Å²) in [5.41, 5.74) is 3.08. The van der Waals surface area contributed by atoms with Crippen molar-refractivity contribution in [3.63, 3.8) is 0 Å². The summed E-state index contributed by atoms with van der Waals surface area (Å²) in [7, 11) is 0. The van der Waals surface area contributed by atoms with Crippen molar-refractivity contribution in [2.45, 2.75) is 31.0 Å². The fraction of sp³-hybridized carbons (Fsp3) is 0.381. The van der Waals surface area contributed by atoms with E-state index < -0.39 is 6.04 Å². The summed E-state index contributed by atoms with van der Waals surface area (Å²) in [5.74, 6) is 1.18. The van der Waals surface area contributed by atoms with E-state index in [0.717, 1.165) is 22.8 Å². The van der Waals surface area contributed by atoms with E-state index >= 15 is 0 Å². The average Bonchev–Trinajstić information content (AvgIpc) is 3.46. The van der Waals surface area contributed by atoms with Crippen LogP contribution in [-0.2, 0) is 9.59 Å². The van der Waals surface area contributed by atoms with Crippen LogP contribution < -0.4 is 16.0 Å². The number of carbonyl (C=O) groups is 3. The number of anilines is 1. The van der Waals surface area contributed by atoms with E-state index in [1.807, 2.05) is 29.0 Å². The zero-order valence-corrected chi connectivity index (χ0v) is 17.9. The number of nitrogens with zero attached hydrogens (tertiary/aromatic N) is 1. The van der Waals surface area contributed by atoms with Gasteiger partial charge in [-0.25, -0.2) is 0 Å². The molecule has 0 spiro atoms. The highest BCUT2D eigenvalue weighted by atomic mass is 32.2. The van der Waals surface area contributed by atoms with Gasteiger partial charge in [-0.05, 0) is 52.9 Å². The highest BCUT2D eigenvalue weighted by Crippen LogP contribution is 2.32. The Morgan fingerprint density at radius 2 is 2.10 bits per heavy atom. The number of piperidine rings is 1. The first kappa shape index (κ1) is 19.6. The third-order valence-corrected chi connectivity index (χ3v) is 7.53. The number of fused-ring (bicyclic) bond motifs is 2. The summed E-state index contributed by atoms with van der Waals surface area (Å²) >= 11 is 3.30. The van der Waals surface area contributed by atoms with Gasteiger partial charge in [0.1, 0.15) is 6.04 Å². The topological polar surface area (TPSA) is 90.5 Å². The van der Waals surface area contributed by atoms with Gasteiger partial charge in [-0.3, -0.25) is 19.7 Å². The van der Waals surface area contributed by atoms with E-state index in [0.29, 0.717) is 30.6 Å². The first-order valence-corrected chi connectivity index (χ1v) is 12.1. The maximum Gasteiger partial charge on any atom is 0.256 e. The lowest BCUT2D eigenvalue weighted by atomic mass is 9.95. The van der Waals surface area contributed by atoms with Crippen molar-refractivity contribution in [2.75, 3.05) is 23.5 Å². The predicted molar refractivity (Wildman–Crippen MR) is 119 cm³/mol. The van der Waals surface area contributed by atoms with Crippen molar-refractivity contribution in [2.24, 2.45) is 0 Å². The van der Waals surface area contributed by atoms with Gasteiger partial charge in [0.05, 0.1) is 17.3 Å². The lowest BCUT2D eigenvalue weighted by Gasteiger charge is -2.37. The Labute approximate surface area is 182 Å². The molecule has 0 aliphatic carbocycles. The van der Waals surface area contributed by atoms with Gasteiger partial charge in [0, 0.05) is 24.2 Å². The van der Waals surface area contributed by atoms with E-state index in [-0.39, 0.29) is 29.8 Å². The lowest BCUT2D eigenvalue weighted by molar-refractivity contribution is -0.125. The smallest absolute Gasteiger partial charge is 0.256 e. The molecule has 3 aliphatic rings. The zero-order valence-electron chi connectivity index (χ0n) is 16.2. The fourth-order valence-corrected chi connectivity index (χ4v) is 5.87. The van der Waals surface area contributed by atoms with Gasteiger partial charge in [-0.2, -0.15) is 11.3 Å². The summed E-state index contributed by atoms with van der Waals surface area (Å²) < 4.78 is 0. The van der Waals surface area contributed by atoms with Crippen LogP contribution in [0.15, 0.2) is 35.0 Å². The van der Waals surface area contributed by atoms with E-state index in [9.17, 15) is 14.4 Å². The van der Waals surface area contributed by atoms with Crippen LogP contribution in [-0.4, -0.2) is 58.9 Å². The van der Waals surface area contributed by atoms with Gasteiger partial charge >= 0.3 is 0 Å². The van der Waals surface area contributed by atoms with Crippen LogP contribution in [0, 0.1) is 0 Å². The molecule has 0 saturated carbocycles. The zero-order chi connectivity index (χ0) is 20.7. The average molecular weight is 443 g/mol. The molecular weight excluding hydrogens is 420 g/mol. The number of nitrogens with one attached hydrogen (secondary N) is 3. The molecule has 2 saturated heterocycles. The molecule has 0 bridgehead atoms. The third kappa shape index (κ3) is 3.61. The molecular formula is C21H22N4O3S2. The van der Waals surface area contributed by atoms with Gasteiger partial charge in [0.15, 0.2) is 0 Å². The molecule has 9 heteroatoms. The Morgan fingerprint density at radius 1 is 1.20 bits per heavy atom. The summed E-state index contributed by atoms with van der Waals surface area (Å²) in [4.78, 5) is 40.3. The highest BCUT2D eigenvalue weighted by Gasteiger charge is 2.40. The van der Waals surface area contributed by atoms with Gasteiger partial charge in [0.2, 0.25) is 11.8 Å². The largest absolute Gasteiger partial charge is 0.352 e. The highest BCUT2D eigenvalue weighted by molar-refractivity contribution is 7.99. The second kappa shape index (κ2) is 8.05. The Morgan fingerprint density at radius 3 is 2.87 bits per heavy atom. The van der Waals surface area contributed by atoms with Gasteiger partial charge < -0.3 is 15.5 Å². The van der Waals surface area contributed by atoms with Crippen LogP contribution in [0.3, 0.4) is 0 Å². The molecule has 30 heavy (non-hydrogen) atoms. The lowest BCUT2D eigenvalue weighted by Crippen LogP contribution is -2.56. The van der Waals surface area contributed by atoms with Gasteiger partial charge in [0.25, 0.3) is 5.91 Å². The molecule has 2 aromatic rings. The minimum Gasteiger partial charge on any atom is -0.352 e. The quantitative estimate of drug-likeness (QED) is 0.678. The molecule has 1 aromatic carbocycles. The maximum absolute atomic E-state index is 13.3. The minimum absolute atomic E-state index is 0.0255. The molecule has 3 amide bonds. The van der Waals surface area contributed by atoms with Crippen molar-refractivity contribution >= 4 is 46.5 Å². The molecule has 5 rings (SSSR count). The number of rotatable bonds is 3. The normalized spacial score (nSPS) is 25.9. The first-order valence-electron chi connectivity index (χ1n) is 10.00. The van der Waals surface area contributed by atoms with E-state index in [1.165, 1.54) is 0 Å². The van der Waals surface area contributed by atoms with E-state index in [4.69, 9.17) is 0 Å². The number of benzene rings is 1. The van der Waals surface area contributed by atoms with Crippen LogP contribution in [0.1, 0.15) is 23.2 Å². The van der Waals surface area contributed by atoms with E-state index in [2.05, 4.69) is 16.0 Å². The van der Waals surface area contributed by atoms with Crippen LogP contribution in [0.2, 0.25) is 0 Å². The molecule has 156 valence electrons. The summed E-state index contributed by atoms with van der Waals surface area (Å²) in [5, 5.41) is 13.2. The number of carbonyl (C=O) groups excluding carboxylic acids is 3. The summed E-state index contributed by atoms with van der Waals surface area (Å²) in [6.45, 7) is 0.441. The van der Waals surface area contributed by atoms with Gasteiger partial charge in [-0.1, -0.05) is 6.07 Å². The van der Waals surface area contributed by atoms with Crippen molar-refractivity contribution < 1.29 is 14.4 Å². The second-order valence-electron chi connectivity index (χ2n) is 7.78. The second-order valence-corrected chi connectivity index (χ2v) is 9.59. The standard InChI is InChI=1S/C21H22N4O3S2/c26-19(17-10-30-11-22-17)23-14-3-5-25-18(8-14)20(27)24-16-2-1-12(7-15(16)21(25)28)13-4-6-29-9-13/h1-2,4,6-7,9,14,17-18,22H,3,5,8,10-11H2,(H,23,26)(H,24,27). The molecule has 2 fully saturated rings. The van der Waals surface area contributed by atoms with E-state index in [1.54, 1.807) is 34.1 Å². The maximum atomic E-state index is 13.3. The third-order valence-electron chi connectivity index (χ3n) is 5.91. The Kier molecular flexibility index (Phi) is 5.26. The number of amides is 3. The Hall–Kier alpha value is -2.36. The SMILES string of the molecule is O=C(NC1CCN2C(=O)c3cc(-c4ccsc4)ccc3NC(=O)C2C1)C1CSCN1. The van der Waals surface area contributed by atoms with Crippen molar-refractivity contribution in [3.05, 3.63) is 40.6 Å². The molecule has 4 heterocycles. The van der Waals surface area contributed by atoms with Gasteiger partial charge in [-0.15, -0.1) is 11.8 Å². The monoisotopic (exact) mass is 442 g/mol. The number of hydrogen-bond acceptors (Lipinski definition) is 6. The van der Waals surface area contributed by atoms with Crippen LogP contribution in [0.4, 0.5) is 5.69 Å². The summed E-state index contributed by atoms with van der Waals surface area (Å²) in [6.07, 6.45) is 1.06. The molecule has 7 nitrogen and oxygen atoms in total. The summed E-state index contributed by atoms with van der Waals surface area (Å²) in [6, 6.07) is 6.72. The molecule has 3 N–H and O–H groups in total. The molecule has 1 aromatic heterocycles. The van der Waals surface area contributed by atoms with Crippen LogP contribution in [0.25, 0.3) is 11.1 Å².